The zero-order valence-corrected chi connectivity index (χ0v) is 12.1. The summed E-state index contributed by atoms with van der Waals surface area (Å²) in [5, 5.41) is 13.2. The molecule has 0 amide bonds. The van der Waals surface area contributed by atoms with Gasteiger partial charge in [0.15, 0.2) is 5.65 Å². The van der Waals surface area contributed by atoms with Crippen molar-refractivity contribution in [2.24, 2.45) is 0 Å². The van der Waals surface area contributed by atoms with Crippen LogP contribution in [0.5, 0.6) is 0 Å². The van der Waals surface area contributed by atoms with Gasteiger partial charge in [-0.2, -0.15) is 5.10 Å². The molecule has 0 radical (unpaired) electrons. The van der Waals surface area contributed by atoms with Crippen LogP contribution in [0.2, 0.25) is 0 Å². The molecular formula is C17H15FN4O2. The zero-order chi connectivity index (χ0) is 22.1. The van der Waals surface area contributed by atoms with Crippen LogP contribution in [0.25, 0.3) is 5.65 Å². The molecule has 122 valence electrons. The Morgan fingerprint density at radius 2 is 2.29 bits per heavy atom. The summed E-state index contributed by atoms with van der Waals surface area (Å²) in [5.41, 5.74) is -0.370. The molecule has 1 aromatic carbocycles. The number of carboxylic acid groups (broad SMARTS) is 1. The number of hydrogen-bond donors (Lipinski definition) is 1. The molecule has 4 rings (SSSR count). The second-order valence-corrected chi connectivity index (χ2v) is 5.13. The summed E-state index contributed by atoms with van der Waals surface area (Å²) < 4.78 is 64.9. The van der Waals surface area contributed by atoms with Gasteiger partial charge in [-0.05, 0) is 36.5 Å². The number of anilines is 1. The maximum absolute atomic E-state index is 13.9. The molecule has 1 unspecified atom stereocenters. The van der Waals surface area contributed by atoms with Gasteiger partial charge in [-0.3, -0.25) is 0 Å². The number of halogens is 1. The first kappa shape index (κ1) is 9.36. The maximum atomic E-state index is 13.9. The van der Waals surface area contributed by atoms with Crippen molar-refractivity contribution in [1.29, 1.82) is 0 Å². The number of aromatic nitrogens is 3. The molecular weight excluding hydrogens is 311 g/mol. The fourth-order valence-corrected chi connectivity index (χ4v) is 2.53. The van der Waals surface area contributed by atoms with Crippen molar-refractivity contribution in [3.8, 4) is 0 Å². The number of carboxylic acids is 1. The average Bonchev–Trinajstić information content (AvgIpc) is 3.12. The Hall–Kier alpha value is -2.96. The molecule has 0 saturated carbocycles. The summed E-state index contributed by atoms with van der Waals surface area (Å²) in [5.74, 6) is -2.22. The molecule has 0 spiro atoms. The van der Waals surface area contributed by atoms with Crippen LogP contribution in [-0.4, -0.2) is 32.2 Å². The normalized spacial score (nSPS) is 27.5. The second kappa shape index (κ2) is 5.59. The van der Waals surface area contributed by atoms with Gasteiger partial charge in [-0.1, -0.05) is 12.1 Å². The van der Waals surface area contributed by atoms with E-state index in [-0.39, 0.29) is 22.6 Å². The molecule has 1 N–H and O–H groups in total. The molecule has 1 fully saturated rings. The fourth-order valence-electron chi connectivity index (χ4n) is 2.53. The van der Waals surface area contributed by atoms with Crippen LogP contribution in [0.4, 0.5) is 10.2 Å². The first-order chi connectivity index (χ1) is 13.9. The van der Waals surface area contributed by atoms with Crippen LogP contribution in [0.3, 0.4) is 0 Å². The van der Waals surface area contributed by atoms with Gasteiger partial charge in [0, 0.05) is 20.9 Å². The van der Waals surface area contributed by atoms with Crippen LogP contribution in [0.1, 0.15) is 42.9 Å². The number of carbonyl (C=O) groups is 1. The summed E-state index contributed by atoms with van der Waals surface area (Å²) in [6.07, 6.45) is -3.42. The van der Waals surface area contributed by atoms with Gasteiger partial charge in [0.2, 0.25) is 0 Å². The summed E-state index contributed by atoms with van der Waals surface area (Å²) in [6.45, 7) is -2.90. The van der Waals surface area contributed by atoms with E-state index in [1.54, 1.807) is 0 Å². The van der Waals surface area contributed by atoms with Crippen LogP contribution in [-0.2, 0) is 0 Å². The monoisotopic (exact) mass is 332 g/mol. The Bertz CT molecular complexity index is 1170. The third-order valence-corrected chi connectivity index (χ3v) is 3.64. The standard InChI is InChI=1S/C17H15FN4O2/c18-12-4-1-3-11(9-12)14-5-2-7-21(14)15-6-8-22-16(20-15)13(10-19-22)17(23)24/h1,3-4,6,8-10,14H,2,5,7H2,(H,23,24)/i2D2,5D2,7D2. The number of aromatic carboxylic acids is 1. The van der Waals surface area contributed by atoms with E-state index in [2.05, 4.69) is 10.1 Å². The molecule has 1 aliphatic heterocycles. The van der Waals surface area contributed by atoms with Gasteiger partial charge in [0.1, 0.15) is 17.2 Å². The van der Waals surface area contributed by atoms with E-state index in [1.807, 2.05) is 0 Å². The highest BCUT2D eigenvalue weighted by Crippen LogP contribution is 2.35. The molecule has 7 heteroatoms. The Labute approximate surface area is 145 Å². The zero-order valence-electron chi connectivity index (χ0n) is 18.1. The summed E-state index contributed by atoms with van der Waals surface area (Å²) in [7, 11) is 0. The smallest absolute Gasteiger partial charge is 0.341 e. The lowest BCUT2D eigenvalue weighted by molar-refractivity contribution is 0.0699. The quantitative estimate of drug-likeness (QED) is 0.798. The minimum atomic E-state index is -3.01. The molecule has 24 heavy (non-hydrogen) atoms. The van der Waals surface area contributed by atoms with Crippen molar-refractivity contribution in [3.05, 3.63) is 59.7 Å². The molecule has 1 atom stereocenters. The van der Waals surface area contributed by atoms with Crippen LogP contribution in [0, 0.1) is 5.82 Å². The lowest BCUT2D eigenvalue weighted by Crippen LogP contribution is -2.24. The summed E-state index contributed by atoms with van der Waals surface area (Å²) in [6, 6.07) is 4.52. The van der Waals surface area contributed by atoms with Crippen molar-refractivity contribution < 1.29 is 22.5 Å². The highest BCUT2D eigenvalue weighted by atomic mass is 19.1. The van der Waals surface area contributed by atoms with Crippen LogP contribution >= 0.6 is 0 Å². The topological polar surface area (TPSA) is 70.7 Å². The van der Waals surface area contributed by atoms with Gasteiger partial charge < -0.3 is 10.0 Å². The molecule has 1 aliphatic rings. The lowest BCUT2D eigenvalue weighted by Gasteiger charge is -2.26. The highest BCUT2D eigenvalue weighted by molar-refractivity contribution is 5.94. The van der Waals surface area contributed by atoms with E-state index >= 15 is 0 Å². The SMILES string of the molecule is [2H]C1([2H])C(c2cccc(F)c2)N(c2ccn3ncc(C(=O)O)c3n2)C([2H])([2H])C1([2H])[2H]. The second-order valence-electron chi connectivity index (χ2n) is 5.13. The Kier molecular flexibility index (Phi) is 2.18. The number of benzene rings is 1. The number of fused-ring (bicyclic) bond motifs is 1. The van der Waals surface area contributed by atoms with Gasteiger partial charge in [0.05, 0.1) is 12.2 Å². The number of hydrogen-bond acceptors (Lipinski definition) is 4. The third kappa shape index (κ3) is 2.38. The van der Waals surface area contributed by atoms with Crippen molar-refractivity contribution in [1.82, 2.24) is 14.6 Å². The molecule has 3 aromatic rings. The molecule has 0 aliphatic carbocycles. The van der Waals surface area contributed by atoms with Crippen molar-refractivity contribution >= 4 is 17.4 Å². The van der Waals surface area contributed by atoms with Gasteiger partial charge in [-0.15, -0.1) is 0 Å². The van der Waals surface area contributed by atoms with Gasteiger partial charge in [-0.25, -0.2) is 18.7 Å². The highest BCUT2D eigenvalue weighted by Gasteiger charge is 2.28. The van der Waals surface area contributed by atoms with E-state index in [9.17, 15) is 14.3 Å². The van der Waals surface area contributed by atoms with Crippen LogP contribution in [0.15, 0.2) is 42.7 Å². The van der Waals surface area contributed by atoms with Crippen LogP contribution < -0.4 is 4.90 Å². The Morgan fingerprint density at radius 1 is 1.42 bits per heavy atom. The fraction of sp³-hybridized carbons (Fsp3) is 0.235. The first-order valence-corrected chi connectivity index (χ1v) is 7.02. The predicted molar refractivity (Wildman–Crippen MR) is 85.7 cm³/mol. The third-order valence-electron chi connectivity index (χ3n) is 3.64. The summed E-state index contributed by atoms with van der Waals surface area (Å²) in [4.78, 5) is 16.4. The van der Waals surface area contributed by atoms with E-state index in [1.165, 1.54) is 24.4 Å². The largest absolute Gasteiger partial charge is 0.477 e. The van der Waals surface area contributed by atoms with Crippen molar-refractivity contribution in [2.45, 2.75) is 18.8 Å². The van der Waals surface area contributed by atoms with E-state index in [4.69, 9.17) is 8.22 Å². The van der Waals surface area contributed by atoms with Crippen molar-refractivity contribution in [2.75, 3.05) is 11.4 Å². The first-order valence-electron chi connectivity index (χ1n) is 10.0. The van der Waals surface area contributed by atoms with E-state index < -0.39 is 37.1 Å². The lowest BCUT2D eigenvalue weighted by atomic mass is 10.0. The Morgan fingerprint density at radius 3 is 3.08 bits per heavy atom. The molecule has 2 aromatic heterocycles. The van der Waals surface area contributed by atoms with Gasteiger partial charge in [0.25, 0.3) is 0 Å². The minimum Gasteiger partial charge on any atom is -0.477 e. The molecule has 3 heterocycles. The average molecular weight is 332 g/mol. The maximum Gasteiger partial charge on any atom is 0.341 e. The van der Waals surface area contributed by atoms with E-state index in [0.717, 1.165) is 27.7 Å². The van der Waals surface area contributed by atoms with E-state index in [0.29, 0.717) is 0 Å². The van der Waals surface area contributed by atoms with Crippen molar-refractivity contribution in [3.63, 3.8) is 0 Å². The molecule has 6 nitrogen and oxygen atoms in total. The predicted octanol–water partition coefficient (Wildman–Crippen LogP) is 2.91. The Balaban J connectivity index is 1.98. The number of nitrogens with zero attached hydrogens (tertiary/aromatic N) is 4. The molecule has 0 bridgehead atoms. The van der Waals surface area contributed by atoms with Gasteiger partial charge >= 0.3 is 5.97 Å². The number of rotatable bonds is 3. The minimum absolute atomic E-state index is 0.0129. The summed E-state index contributed by atoms with van der Waals surface area (Å²) >= 11 is 0. The molecule has 1 saturated heterocycles.